The van der Waals surface area contributed by atoms with Gasteiger partial charge in [-0.2, -0.15) is 0 Å². The summed E-state index contributed by atoms with van der Waals surface area (Å²) in [7, 11) is 0. The van der Waals surface area contributed by atoms with Crippen molar-refractivity contribution in [1.82, 2.24) is 19.4 Å². The van der Waals surface area contributed by atoms with Crippen molar-refractivity contribution in [2.24, 2.45) is 0 Å². The lowest BCUT2D eigenvalue weighted by molar-refractivity contribution is -0.132. The third kappa shape index (κ3) is 3.29. The van der Waals surface area contributed by atoms with E-state index >= 15 is 0 Å². The molecule has 21 heavy (non-hydrogen) atoms. The van der Waals surface area contributed by atoms with Gasteiger partial charge >= 0.3 is 0 Å². The monoisotopic (exact) mass is 284 g/mol. The summed E-state index contributed by atoms with van der Waals surface area (Å²) in [6.07, 6.45) is 9.98. The summed E-state index contributed by atoms with van der Waals surface area (Å²) in [5.74, 6) is 0.186. The van der Waals surface area contributed by atoms with Crippen molar-refractivity contribution in [3.63, 3.8) is 0 Å². The maximum atomic E-state index is 12.4. The van der Waals surface area contributed by atoms with E-state index in [1.165, 1.54) is 0 Å². The van der Waals surface area contributed by atoms with E-state index in [1.807, 2.05) is 36.5 Å². The minimum Gasteiger partial charge on any atom is -0.340 e. The first-order valence-corrected chi connectivity index (χ1v) is 7.39. The first-order chi connectivity index (χ1) is 10.2. The van der Waals surface area contributed by atoms with Crippen LogP contribution < -0.4 is 0 Å². The Labute approximate surface area is 124 Å². The number of piperidine rings is 1. The Morgan fingerprint density at radius 2 is 2.33 bits per heavy atom. The summed E-state index contributed by atoms with van der Waals surface area (Å²) >= 11 is 0. The number of carbonyl (C=O) groups is 1. The van der Waals surface area contributed by atoms with Crippen molar-refractivity contribution in [2.75, 3.05) is 13.1 Å². The van der Waals surface area contributed by atoms with Gasteiger partial charge in [-0.3, -0.25) is 9.78 Å². The van der Waals surface area contributed by atoms with Gasteiger partial charge in [0.1, 0.15) is 0 Å². The van der Waals surface area contributed by atoms with E-state index in [2.05, 4.69) is 14.5 Å². The molecule has 0 radical (unpaired) electrons. The first-order valence-electron chi connectivity index (χ1n) is 7.39. The standard InChI is InChI=1S/C16H20N4O/c1-13-4-5-14(10-18-13)9-16(21)19-7-2-3-15(11-19)20-8-6-17-12-20/h4-6,8,10,12,15H,2-3,7,9,11H2,1H3. The third-order valence-electron chi connectivity index (χ3n) is 4.02. The van der Waals surface area contributed by atoms with E-state index in [-0.39, 0.29) is 5.91 Å². The zero-order valence-electron chi connectivity index (χ0n) is 12.3. The Kier molecular flexibility index (Phi) is 3.99. The fraction of sp³-hybridized carbons (Fsp3) is 0.438. The molecule has 1 fully saturated rings. The highest BCUT2D eigenvalue weighted by Crippen LogP contribution is 2.21. The number of hydrogen-bond acceptors (Lipinski definition) is 3. The summed E-state index contributed by atoms with van der Waals surface area (Å²) in [6, 6.07) is 4.28. The summed E-state index contributed by atoms with van der Waals surface area (Å²) in [5.41, 5.74) is 1.96. The smallest absolute Gasteiger partial charge is 0.227 e. The predicted molar refractivity (Wildman–Crippen MR) is 79.8 cm³/mol. The molecule has 5 nitrogen and oxygen atoms in total. The topological polar surface area (TPSA) is 51.0 Å². The number of aromatic nitrogens is 3. The number of aryl methyl sites for hydroxylation is 1. The molecular formula is C16H20N4O. The normalized spacial score (nSPS) is 18.7. The maximum Gasteiger partial charge on any atom is 0.227 e. The Hall–Kier alpha value is -2.17. The minimum atomic E-state index is 0.186. The van der Waals surface area contributed by atoms with Gasteiger partial charge in [-0.15, -0.1) is 0 Å². The van der Waals surface area contributed by atoms with Gasteiger partial charge in [0, 0.05) is 37.4 Å². The largest absolute Gasteiger partial charge is 0.340 e. The lowest BCUT2D eigenvalue weighted by atomic mass is 10.0. The molecule has 2 aromatic rings. The third-order valence-corrected chi connectivity index (χ3v) is 4.02. The zero-order valence-corrected chi connectivity index (χ0v) is 12.3. The molecule has 3 rings (SSSR count). The van der Waals surface area contributed by atoms with Crippen molar-refractivity contribution >= 4 is 5.91 Å². The molecule has 0 N–H and O–H groups in total. The Balaban J connectivity index is 1.63. The number of rotatable bonds is 3. The molecule has 1 aliphatic rings. The minimum absolute atomic E-state index is 0.186. The summed E-state index contributed by atoms with van der Waals surface area (Å²) in [4.78, 5) is 22.8. The molecule has 1 atom stereocenters. The first kappa shape index (κ1) is 13.8. The van der Waals surface area contributed by atoms with E-state index < -0.39 is 0 Å². The van der Waals surface area contributed by atoms with Crippen molar-refractivity contribution in [1.29, 1.82) is 0 Å². The van der Waals surface area contributed by atoms with Crippen LogP contribution in [0.2, 0.25) is 0 Å². The van der Waals surface area contributed by atoms with E-state index in [0.29, 0.717) is 12.5 Å². The van der Waals surface area contributed by atoms with Crippen LogP contribution in [0.4, 0.5) is 0 Å². The molecule has 5 heteroatoms. The van der Waals surface area contributed by atoms with Crippen molar-refractivity contribution in [3.8, 4) is 0 Å². The highest BCUT2D eigenvalue weighted by molar-refractivity contribution is 5.78. The number of likely N-dealkylation sites (tertiary alicyclic amines) is 1. The zero-order chi connectivity index (χ0) is 14.7. The van der Waals surface area contributed by atoms with E-state index in [1.54, 1.807) is 12.4 Å². The molecule has 2 aromatic heterocycles. The molecule has 110 valence electrons. The van der Waals surface area contributed by atoms with Crippen LogP contribution in [-0.2, 0) is 11.2 Å². The molecule has 3 heterocycles. The SMILES string of the molecule is Cc1ccc(CC(=O)N2CCCC(n3ccnc3)C2)cn1. The van der Waals surface area contributed by atoms with Crippen LogP contribution >= 0.6 is 0 Å². The lowest BCUT2D eigenvalue weighted by Crippen LogP contribution is -2.41. The molecule has 1 saturated heterocycles. The van der Waals surface area contributed by atoms with Crippen LogP contribution in [0.5, 0.6) is 0 Å². The van der Waals surface area contributed by atoms with Crippen LogP contribution in [0.25, 0.3) is 0 Å². The molecule has 0 saturated carbocycles. The van der Waals surface area contributed by atoms with Crippen LogP contribution in [0.3, 0.4) is 0 Å². The van der Waals surface area contributed by atoms with Crippen LogP contribution in [-0.4, -0.2) is 38.4 Å². The number of amides is 1. The highest BCUT2D eigenvalue weighted by Gasteiger charge is 2.24. The van der Waals surface area contributed by atoms with Gasteiger partial charge in [0.15, 0.2) is 0 Å². The van der Waals surface area contributed by atoms with Crippen molar-refractivity contribution < 1.29 is 4.79 Å². The summed E-state index contributed by atoms with van der Waals surface area (Å²) in [5, 5.41) is 0. The van der Waals surface area contributed by atoms with Gasteiger partial charge in [0.25, 0.3) is 0 Å². The quantitative estimate of drug-likeness (QED) is 0.866. The molecule has 0 aliphatic carbocycles. The molecule has 0 spiro atoms. The molecular weight excluding hydrogens is 264 g/mol. The lowest BCUT2D eigenvalue weighted by Gasteiger charge is -2.33. The van der Waals surface area contributed by atoms with Crippen molar-refractivity contribution in [3.05, 3.63) is 48.3 Å². The van der Waals surface area contributed by atoms with Crippen LogP contribution in [0, 0.1) is 6.92 Å². The second kappa shape index (κ2) is 6.08. The maximum absolute atomic E-state index is 12.4. The van der Waals surface area contributed by atoms with Gasteiger partial charge in [-0.25, -0.2) is 4.98 Å². The number of pyridine rings is 1. The van der Waals surface area contributed by atoms with E-state index in [0.717, 1.165) is 37.2 Å². The van der Waals surface area contributed by atoms with Gasteiger partial charge in [-0.1, -0.05) is 6.07 Å². The van der Waals surface area contributed by atoms with Gasteiger partial charge in [0.05, 0.1) is 18.8 Å². The van der Waals surface area contributed by atoms with Crippen LogP contribution in [0.1, 0.15) is 30.1 Å². The Bertz CT molecular complexity index is 591. The average Bonchev–Trinajstić information content (AvgIpc) is 3.04. The molecule has 0 bridgehead atoms. The fourth-order valence-corrected chi connectivity index (χ4v) is 2.80. The number of carbonyl (C=O) groups excluding carboxylic acids is 1. The number of imidazole rings is 1. The Morgan fingerprint density at radius 1 is 1.43 bits per heavy atom. The van der Waals surface area contributed by atoms with Crippen LogP contribution in [0.15, 0.2) is 37.1 Å². The second-order valence-electron chi connectivity index (χ2n) is 5.63. The van der Waals surface area contributed by atoms with Gasteiger partial charge in [-0.05, 0) is 31.4 Å². The molecule has 0 aromatic carbocycles. The number of hydrogen-bond donors (Lipinski definition) is 0. The Morgan fingerprint density at radius 3 is 3.05 bits per heavy atom. The van der Waals surface area contributed by atoms with E-state index in [9.17, 15) is 4.79 Å². The van der Waals surface area contributed by atoms with Gasteiger partial charge in [0.2, 0.25) is 5.91 Å². The fourth-order valence-electron chi connectivity index (χ4n) is 2.80. The number of nitrogens with zero attached hydrogens (tertiary/aromatic N) is 4. The molecule has 1 aliphatic heterocycles. The van der Waals surface area contributed by atoms with E-state index in [4.69, 9.17) is 0 Å². The molecule has 1 amide bonds. The molecule has 1 unspecified atom stereocenters. The highest BCUT2D eigenvalue weighted by atomic mass is 16.2. The summed E-state index contributed by atoms with van der Waals surface area (Å²) < 4.78 is 2.10. The van der Waals surface area contributed by atoms with Crippen molar-refractivity contribution in [2.45, 2.75) is 32.2 Å². The summed E-state index contributed by atoms with van der Waals surface area (Å²) in [6.45, 7) is 3.57. The second-order valence-corrected chi connectivity index (χ2v) is 5.63. The average molecular weight is 284 g/mol. The predicted octanol–water partition coefficient (Wildman–Crippen LogP) is 1.99. The van der Waals surface area contributed by atoms with Gasteiger partial charge < -0.3 is 9.47 Å².